The first-order chi connectivity index (χ1) is 11.6. The van der Waals surface area contributed by atoms with Crippen LogP contribution in [0.3, 0.4) is 0 Å². The van der Waals surface area contributed by atoms with Crippen molar-refractivity contribution in [2.45, 2.75) is 26.2 Å². The van der Waals surface area contributed by atoms with Crippen LogP contribution < -0.4 is 0 Å². The summed E-state index contributed by atoms with van der Waals surface area (Å²) in [5.74, 6) is 2.27. The minimum absolute atomic E-state index is 0.122. The Morgan fingerprint density at radius 3 is 2.38 bits per heavy atom. The number of allylic oxidation sites excluding steroid dienone is 2. The van der Waals surface area contributed by atoms with Crippen LogP contribution in [0.1, 0.15) is 35.6 Å². The summed E-state index contributed by atoms with van der Waals surface area (Å²) in [4.78, 5) is 0. The van der Waals surface area contributed by atoms with Crippen molar-refractivity contribution in [1.29, 1.82) is 0 Å². The number of rotatable bonds is 1. The third-order valence-electron chi connectivity index (χ3n) is 4.27. The fraction of sp³-hybridized carbons (Fsp3) is 0.238. The minimum Gasteiger partial charge on any atom is -0.204 e. The Balaban J connectivity index is 1.83. The third-order valence-corrected chi connectivity index (χ3v) is 4.27. The van der Waals surface area contributed by atoms with Gasteiger partial charge in [0.25, 0.3) is 0 Å². The lowest BCUT2D eigenvalue weighted by Gasteiger charge is -2.22. The Labute approximate surface area is 140 Å². The third kappa shape index (κ3) is 3.54. The number of aryl methyl sites for hydroxylation is 1. The van der Waals surface area contributed by atoms with Crippen molar-refractivity contribution >= 4 is 0 Å². The molecule has 0 fully saturated rings. The second-order valence-corrected chi connectivity index (χ2v) is 6.02. The predicted octanol–water partition coefficient (Wildman–Crippen LogP) is 5.18. The van der Waals surface area contributed by atoms with Crippen LogP contribution in [-0.4, -0.2) is 0 Å². The van der Waals surface area contributed by atoms with E-state index in [2.05, 4.69) is 30.1 Å². The van der Waals surface area contributed by atoms with Crippen molar-refractivity contribution in [3.8, 4) is 11.8 Å². The molecular formula is C21H17F3. The SMILES string of the molecule is C/C=C/C1CCc2cc(C#Cc3cc(F)c(F)c(F)c3)ccc2C1. The Bertz CT molecular complexity index is 830. The molecule has 122 valence electrons. The van der Waals surface area contributed by atoms with E-state index in [0.717, 1.165) is 37.0 Å². The van der Waals surface area contributed by atoms with E-state index >= 15 is 0 Å². The fourth-order valence-electron chi connectivity index (χ4n) is 3.07. The van der Waals surface area contributed by atoms with Gasteiger partial charge in [0.15, 0.2) is 17.5 Å². The zero-order valence-electron chi connectivity index (χ0n) is 13.4. The standard InChI is InChI=1S/C21H17F3/c1-2-3-14-6-8-18-11-15(7-9-17(18)10-14)4-5-16-12-19(22)21(24)20(23)13-16/h2-3,7,9,11-14H,6,8,10H2,1H3/b3-2+. The van der Waals surface area contributed by atoms with Crippen molar-refractivity contribution < 1.29 is 13.2 Å². The molecule has 1 aliphatic rings. The summed E-state index contributed by atoms with van der Waals surface area (Å²) in [6, 6.07) is 7.84. The first-order valence-electron chi connectivity index (χ1n) is 7.98. The molecule has 0 radical (unpaired) electrons. The molecule has 0 spiro atoms. The van der Waals surface area contributed by atoms with Gasteiger partial charge < -0.3 is 0 Å². The van der Waals surface area contributed by atoms with Gasteiger partial charge in [0.05, 0.1) is 0 Å². The summed E-state index contributed by atoms with van der Waals surface area (Å²) in [6.45, 7) is 2.04. The van der Waals surface area contributed by atoms with E-state index in [0.29, 0.717) is 5.92 Å². The number of hydrogen-bond acceptors (Lipinski definition) is 0. The Morgan fingerprint density at radius 2 is 1.67 bits per heavy atom. The smallest absolute Gasteiger partial charge is 0.194 e. The molecule has 0 saturated heterocycles. The molecule has 0 aromatic heterocycles. The van der Waals surface area contributed by atoms with Crippen LogP contribution in [0, 0.1) is 35.2 Å². The van der Waals surface area contributed by atoms with E-state index in [4.69, 9.17) is 0 Å². The van der Waals surface area contributed by atoms with Crippen LogP contribution in [0.5, 0.6) is 0 Å². The van der Waals surface area contributed by atoms with E-state index in [1.54, 1.807) is 0 Å². The molecule has 2 aromatic rings. The monoisotopic (exact) mass is 326 g/mol. The molecule has 1 unspecified atom stereocenters. The topological polar surface area (TPSA) is 0 Å². The zero-order valence-corrected chi connectivity index (χ0v) is 13.4. The Morgan fingerprint density at radius 1 is 0.958 bits per heavy atom. The van der Waals surface area contributed by atoms with Gasteiger partial charge in [0, 0.05) is 11.1 Å². The number of benzene rings is 2. The largest absolute Gasteiger partial charge is 0.204 e. The second kappa shape index (κ2) is 6.97. The van der Waals surface area contributed by atoms with Crippen LogP contribution in [0.25, 0.3) is 0 Å². The lowest BCUT2D eigenvalue weighted by molar-refractivity contribution is 0.446. The lowest BCUT2D eigenvalue weighted by Crippen LogP contribution is -2.12. The molecule has 0 aliphatic heterocycles. The summed E-state index contributed by atoms with van der Waals surface area (Å²) in [6.07, 6.45) is 7.48. The van der Waals surface area contributed by atoms with Gasteiger partial charge in [0.2, 0.25) is 0 Å². The van der Waals surface area contributed by atoms with E-state index in [1.807, 2.05) is 19.1 Å². The highest BCUT2D eigenvalue weighted by atomic mass is 19.2. The van der Waals surface area contributed by atoms with Gasteiger partial charge in [-0.3, -0.25) is 0 Å². The molecule has 0 nitrogen and oxygen atoms in total. The highest BCUT2D eigenvalue weighted by molar-refractivity contribution is 5.46. The van der Waals surface area contributed by atoms with Crippen molar-refractivity contribution in [3.63, 3.8) is 0 Å². The lowest BCUT2D eigenvalue weighted by atomic mass is 9.83. The number of halogens is 3. The summed E-state index contributed by atoms with van der Waals surface area (Å²) in [5.41, 5.74) is 3.52. The van der Waals surface area contributed by atoms with Gasteiger partial charge in [0.1, 0.15) is 0 Å². The summed E-state index contributed by atoms with van der Waals surface area (Å²) < 4.78 is 39.4. The molecule has 1 atom stereocenters. The van der Waals surface area contributed by atoms with Crippen molar-refractivity contribution in [2.24, 2.45) is 5.92 Å². The Kier molecular flexibility index (Phi) is 4.76. The predicted molar refractivity (Wildman–Crippen MR) is 89.1 cm³/mol. The van der Waals surface area contributed by atoms with Crippen LogP contribution in [0.2, 0.25) is 0 Å². The fourth-order valence-corrected chi connectivity index (χ4v) is 3.07. The van der Waals surface area contributed by atoms with Crippen LogP contribution in [0.15, 0.2) is 42.5 Å². The maximum atomic E-state index is 13.2. The second-order valence-electron chi connectivity index (χ2n) is 6.02. The molecule has 0 N–H and O–H groups in total. The van der Waals surface area contributed by atoms with Crippen LogP contribution in [-0.2, 0) is 12.8 Å². The number of fused-ring (bicyclic) bond motifs is 1. The molecule has 3 heteroatoms. The molecule has 24 heavy (non-hydrogen) atoms. The van der Waals surface area contributed by atoms with Crippen molar-refractivity contribution in [1.82, 2.24) is 0 Å². The van der Waals surface area contributed by atoms with Crippen LogP contribution in [0.4, 0.5) is 13.2 Å². The van der Waals surface area contributed by atoms with Crippen LogP contribution >= 0.6 is 0 Å². The molecule has 0 saturated carbocycles. The molecule has 0 bridgehead atoms. The van der Waals surface area contributed by atoms with Gasteiger partial charge in [-0.1, -0.05) is 30.1 Å². The molecular weight excluding hydrogens is 309 g/mol. The van der Waals surface area contributed by atoms with E-state index in [9.17, 15) is 13.2 Å². The number of hydrogen-bond donors (Lipinski definition) is 0. The van der Waals surface area contributed by atoms with E-state index in [1.165, 1.54) is 11.1 Å². The minimum atomic E-state index is -1.47. The van der Waals surface area contributed by atoms with Gasteiger partial charge in [-0.25, -0.2) is 13.2 Å². The first kappa shape index (κ1) is 16.4. The molecule has 0 amide bonds. The van der Waals surface area contributed by atoms with Gasteiger partial charge in [-0.05, 0) is 67.5 Å². The molecule has 1 aliphatic carbocycles. The maximum absolute atomic E-state index is 13.2. The first-order valence-corrected chi connectivity index (χ1v) is 7.98. The van der Waals surface area contributed by atoms with Crippen molar-refractivity contribution in [3.05, 3.63) is 82.2 Å². The van der Waals surface area contributed by atoms with E-state index < -0.39 is 17.5 Å². The summed E-state index contributed by atoms with van der Waals surface area (Å²) in [7, 11) is 0. The molecule has 3 rings (SSSR count). The van der Waals surface area contributed by atoms with E-state index in [-0.39, 0.29) is 5.56 Å². The zero-order chi connectivity index (χ0) is 17.1. The van der Waals surface area contributed by atoms with Crippen molar-refractivity contribution in [2.75, 3.05) is 0 Å². The Hall–Kier alpha value is -2.47. The summed E-state index contributed by atoms with van der Waals surface area (Å²) >= 11 is 0. The van der Waals surface area contributed by atoms with Gasteiger partial charge in [-0.15, -0.1) is 0 Å². The summed E-state index contributed by atoms with van der Waals surface area (Å²) in [5, 5.41) is 0. The van der Waals surface area contributed by atoms with Gasteiger partial charge in [-0.2, -0.15) is 0 Å². The van der Waals surface area contributed by atoms with Gasteiger partial charge >= 0.3 is 0 Å². The maximum Gasteiger partial charge on any atom is 0.194 e. The molecule has 0 heterocycles. The normalized spacial score (nSPS) is 16.6. The average Bonchev–Trinajstić information content (AvgIpc) is 2.58. The molecule has 2 aromatic carbocycles. The highest BCUT2D eigenvalue weighted by Crippen LogP contribution is 2.27. The quantitative estimate of drug-likeness (QED) is 0.384. The highest BCUT2D eigenvalue weighted by Gasteiger charge is 2.16. The average molecular weight is 326 g/mol.